The highest BCUT2D eigenvalue weighted by atomic mass is 19.1. The van der Waals surface area contributed by atoms with Crippen LogP contribution in [0.5, 0.6) is 5.75 Å². The molecule has 2 aromatic carbocycles. The number of rotatable bonds is 9. The summed E-state index contributed by atoms with van der Waals surface area (Å²) in [5.41, 5.74) is 0.737. The van der Waals surface area contributed by atoms with E-state index in [1.807, 2.05) is 30.3 Å². The number of piperidine rings is 1. The third-order valence-electron chi connectivity index (χ3n) is 5.20. The van der Waals surface area contributed by atoms with Gasteiger partial charge in [-0.2, -0.15) is 0 Å². The molecule has 1 fully saturated rings. The minimum atomic E-state index is -0.461. The molecule has 1 aliphatic rings. The van der Waals surface area contributed by atoms with Crippen molar-refractivity contribution < 1.29 is 23.5 Å². The third kappa shape index (κ3) is 5.57. The van der Waals surface area contributed by atoms with Crippen molar-refractivity contribution in [1.29, 1.82) is 0 Å². The van der Waals surface area contributed by atoms with Gasteiger partial charge in [0.1, 0.15) is 18.2 Å². The smallest absolute Gasteiger partial charge is 0.225 e. The number of methoxy groups -OCH3 is 1. The van der Waals surface area contributed by atoms with Crippen LogP contribution >= 0.6 is 0 Å². The first kappa shape index (κ1) is 21.8. The Bertz CT molecular complexity index is 829. The van der Waals surface area contributed by atoms with Crippen LogP contribution in [0.1, 0.15) is 24.4 Å². The fourth-order valence-electron chi connectivity index (χ4n) is 3.74. The average molecular weight is 414 g/mol. The van der Waals surface area contributed by atoms with Crippen molar-refractivity contribution in [3.63, 3.8) is 0 Å². The molecule has 0 spiro atoms. The molecule has 2 amide bonds. The standard InChI is InChI=1S/C23H27FN2O4/c1-29-16-14-26-21(27)12-11-20(22(26)17-7-9-18(24)10-8-17)23(28)25-13-15-30-19-5-3-2-4-6-19/h2-10,20,22H,11-16H2,1H3,(H,25,28). The molecule has 1 aliphatic heterocycles. The van der Waals surface area contributed by atoms with Gasteiger partial charge in [0.2, 0.25) is 11.8 Å². The predicted molar refractivity (Wildman–Crippen MR) is 110 cm³/mol. The van der Waals surface area contributed by atoms with Gasteiger partial charge in [0.05, 0.1) is 25.1 Å². The molecular weight excluding hydrogens is 387 g/mol. The van der Waals surface area contributed by atoms with E-state index in [4.69, 9.17) is 9.47 Å². The molecule has 1 N–H and O–H groups in total. The Labute approximate surface area is 176 Å². The summed E-state index contributed by atoms with van der Waals surface area (Å²) in [6, 6.07) is 14.9. The van der Waals surface area contributed by atoms with E-state index in [1.54, 1.807) is 24.1 Å². The maximum atomic E-state index is 13.4. The quantitative estimate of drug-likeness (QED) is 0.641. The Balaban J connectivity index is 1.68. The van der Waals surface area contributed by atoms with Gasteiger partial charge >= 0.3 is 0 Å². The molecular formula is C23H27FN2O4. The van der Waals surface area contributed by atoms with Crippen LogP contribution in [0.3, 0.4) is 0 Å². The van der Waals surface area contributed by atoms with Crippen molar-refractivity contribution in [1.82, 2.24) is 10.2 Å². The van der Waals surface area contributed by atoms with Crippen molar-refractivity contribution >= 4 is 11.8 Å². The molecule has 2 atom stereocenters. The molecule has 7 heteroatoms. The van der Waals surface area contributed by atoms with E-state index >= 15 is 0 Å². The minimum absolute atomic E-state index is 0.0298. The van der Waals surface area contributed by atoms with Crippen molar-refractivity contribution in [2.75, 3.05) is 33.4 Å². The molecule has 0 aliphatic carbocycles. The Morgan fingerprint density at radius 1 is 1.13 bits per heavy atom. The number of likely N-dealkylation sites (tertiary alicyclic amines) is 1. The number of hydrogen-bond donors (Lipinski definition) is 1. The topological polar surface area (TPSA) is 67.9 Å². The summed E-state index contributed by atoms with van der Waals surface area (Å²) >= 11 is 0. The second kappa shape index (κ2) is 10.7. The summed E-state index contributed by atoms with van der Waals surface area (Å²) < 4.78 is 24.2. The van der Waals surface area contributed by atoms with E-state index in [-0.39, 0.29) is 17.6 Å². The lowest BCUT2D eigenvalue weighted by Gasteiger charge is -2.40. The first-order valence-electron chi connectivity index (χ1n) is 10.1. The second-order valence-corrected chi connectivity index (χ2v) is 7.17. The lowest BCUT2D eigenvalue weighted by Crippen LogP contribution is -2.49. The number of benzene rings is 2. The summed E-state index contributed by atoms with van der Waals surface area (Å²) in [6.07, 6.45) is 0.732. The Kier molecular flexibility index (Phi) is 7.79. The molecule has 0 saturated carbocycles. The fourth-order valence-corrected chi connectivity index (χ4v) is 3.74. The third-order valence-corrected chi connectivity index (χ3v) is 5.20. The van der Waals surface area contributed by atoms with Crippen LogP contribution in [0.4, 0.5) is 4.39 Å². The van der Waals surface area contributed by atoms with Gasteiger partial charge in [0, 0.05) is 20.1 Å². The lowest BCUT2D eigenvalue weighted by molar-refractivity contribution is -0.144. The highest BCUT2D eigenvalue weighted by Gasteiger charge is 2.40. The summed E-state index contributed by atoms with van der Waals surface area (Å²) in [7, 11) is 1.57. The monoisotopic (exact) mass is 414 g/mol. The highest BCUT2D eigenvalue weighted by molar-refractivity contribution is 5.85. The minimum Gasteiger partial charge on any atom is -0.492 e. The predicted octanol–water partition coefficient (Wildman–Crippen LogP) is 2.95. The van der Waals surface area contributed by atoms with Gasteiger partial charge in [-0.1, -0.05) is 30.3 Å². The Hall–Kier alpha value is -2.93. The van der Waals surface area contributed by atoms with E-state index in [0.717, 1.165) is 11.3 Å². The normalized spacial score (nSPS) is 18.9. The van der Waals surface area contributed by atoms with Crippen LogP contribution in [-0.2, 0) is 14.3 Å². The lowest BCUT2D eigenvalue weighted by atomic mass is 9.83. The van der Waals surface area contributed by atoms with Gasteiger partial charge in [-0.3, -0.25) is 9.59 Å². The number of ether oxygens (including phenoxy) is 2. The van der Waals surface area contributed by atoms with Crippen LogP contribution < -0.4 is 10.1 Å². The number of nitrogens with zero attached hydrogens (tertiary/aromatic N) is 1. The van der Waals surface area contributed by atoms with E-state index in [2.05, 4.69) is 5.32 Å². The van der Waals surface area contributed by atoms with Crippen molar-refractivity contribution in [3.05, 3.63) is 66.0 Å². The number of amides is 2. The molecule has 1 saturated heterocycles. The first-order chi connectivity index (χ1) is 14.6. The number of nitrogens with one attached hydrogen (secondary N) is 1. The summed E-state index contributed by atoms with van der Waals surface area (Å²) in [5, 5.41) is 2.92. The molecule has 2 aromatic rings. The Morgan fingerprint density at radius 3 is 2.57 bits per heavy atom. The highest BCUT2D eigenvalue weighted by Crippen LogP contribution is 2.36. The van der Waals surface area contributed by atoms with Crippen molar-refractivity contribution in [3.8, 4) is 5.75 Å². The molecule has 1 heterocycles. The number of carbonyl (C=O) groups is 2. The maximum Gasteiger partial charge on any atom is 0.225 e. The van der Waals surface area contributed by atoms with Gasteiger partial charge in [0.25, 0.3) is 0 Å². The van der Waals surface area contributed by atoms with Crippen LogP contribution in [0.25, 0.3) is 0 Å². The summed E-state index contributed by atoms with van der Waals surface area (Å²) in [4.78, 5) is 27.2. The number of para-hydroxylation sites is 1. The molecule has 0 aromatic heterocycles. The molecule has 160 valence electrons. The maximum absolute atomic E-state index is 13.4. The second-order valence-electron chi connectivity index (χ2n) is 7.17. The molecule has 2 unspecified atom stereocenters. The number of halogens is 1. The van der Waals surface area contributed by atoms with Crippen LogP contribution in [-0.4, -0.2) is 50.1 Å². The van der Waals surface area contributed by atoms with E-state index in [0.29, 0.717) is 39.1 Å². The van der Waals surface area contributed by atoms with E-state index < -0.39 is 12.0 Å². The molecule has 30 heavy (non-hydrogen) atoms. The largest absolute Gasteiger partial charge is 0.492 e. The molecule has 6 nitrogen and oxygen atoms in total. The summed E-state index contributed by atoms with van der Waals surface area (Å²) in [6.45, 7) is 1.43. The van der Waals surface area contributed by atoms with Gasteiger partial charge in [-0.25, -0.2) is 4.39 Å². The molecule has 0 radical (unpaired) electrons. The first-order valence-corrected chi connectivity index (χ1v) is 10.1. The van der Waals surface area contributed by atoms with Crippen molar-refractivity contribution in [2.45, 2.75) is 18.9 Å². The fraction of sp³-hybridized carbons (Fsp3) is 0.391. The van der Waals surface area contributed by atoms with Gasteiger partial charge in [-0.15, -0.1) is 0 Å². The van der Waals surface area contributed by atoms with E-state index in [1.165, 1.54) is 12.1 Å². The SMILES string of the molecule is COCCN1C(=O)CCC(C(=O)NCCOc2ccccc2)C1c1ccc(F)cc1. The Morgan fingerprint density at radius 2 is 1.87 bits per heavy atom. The number of hydrogen-bond acceptors (Lipinski definition) is 4. The van der Waals surface area contributed by atoms with Crippen LogP contribution in [0.15, 0.2) is 54.6 Å². The van der Waals surface area contributed by atoms with Crippen molar-refractivity contribution in [2.24, 2.45) is 5.92 Å². The summed E-state index contributed by atoms with van der Waals surface area (Å²) in [5.74, 6) is -0.219. The van der Waals surface area contributed by atoms with Crippen LogP contribution in [0, 0.1) is 11.7 Å². The van der Waals surface area contributed by atoms with Gasteiger partial charge in [0.15, 0.2) is 0 Å². The van der Waals surface area contributed by atoms with Gasteiger partial charge < -0.3 is 19.7 Å². The molecule has 0 bridgehead atoms. The van der Waals surface area contributed by atoms with E-state index in [9.17, 15) is 14.0 Å². The number of carbonyl (C=O) groups excluding carboxylic acids is 2. The zero-order valence-electron chi connectivity index (χ0n) is 17.1. The zero-order chi connectivity index (χ0) is 21.3. The zero-order valence-corrected chi connectivity index (χ0v) is 17.1. The van der Waals surface area contributed by atoms with Crippen LogP contribution in [0.2, 0.25) is 0 Å². The molecule has 3 rings (SSSR count). The van der Waals surface area contributed by atoms with Gasteiger partial charge in [-0.05, 0) is 36.2 Å². The average Bonchev–Trinajstić information content (AvgIpc) is 2.77.